The van der Waals surface area contributed by atoms with Crippen LogP contribution in [0.4, 0.5) is 11.5 Å². The molecule has 172 valence electrons. The maximum atomic E-state index is 13.4. The smallest absolute Gasteiger partial charge is 0.274 e. The number of amides is 1. The number of rotatable bonds is 5. The molecule has 1 aliphatic heterocycles. The van der Waals surface area contributed by atoms with Crippen molar-refractivity contribution >= 4 is 28.7 Å². The third-order valence-corrected chi connectivity index (χ3v) is 6.41. The molecule has 0 saturated carbocycles. The van der Waals surface area contributed by atoms with Gasteiger partial charge in [0.05, 0.1) is 12.2 Å². The van der Waals surface area contributed by atoms with Crippen LogP contribution in [0.15, 0.2) is 66.2 Å². The number of nitrogens with zero attached hydrogens (tertiary/aromatic N) is 6. The number of anilines is 2. The molecule has 0 radical (unpaired) electrons. The van der Waals surface area contributed by atoms with E-state index in [4.69, 9.17) is 4.98 Å². The van der Waals surface area contributed by atoms with Gasteiger partial charge in [-0.1, -0.05) is 53.8 Å². The highest BCUT2D eigenvalue weighted by Gasteiger charge is 2.25. The second kappa shape index (κ2) is 9.64. The topological polar surface area (TPSA) is 107 Å². The summed E-state index contributed by atoms with van der Waals surface area (Å²) in [6.07, 6.45) is -0.611. The zero-order chi connectivity index (χ0) is 23.5. The molecule has 1 unspecified atom stereocenters. The Morgan fingerprint density at radius 3 is 2.65 bits per heavy atom. The highest BCUT2D eigenvalue weighted by atomic mass is 32.1. The lowest BCUT2D eigenvalue weighted by Gasteiger charge is -2.37. The van der Waals surface area contributed by atoms with E-state index in [2.05, 4.69) is 20.5 Å². The minimum Gasteiger partial charge on any atom is -0.377 e. The van der Waals surface area contributed by atoms with E-state index in [-0.39, 0.29) is 11.6 Å². The molecule has 1 amide bonds. The number of aliphatic hydroxyl groups excluding tert-OH is 1. The molecule has 1 aliphatic rings. The molecule has 9 nitrogen and oxygen atoms in total. The van der Waals surface area contributed by atoms with Crippen LogP contribution >= 0.6 is 11.3 Å². The number of nitrogens with one attached hydrogen (secondary N) is 1. The molecule has 2 aromatic carbocycles. The number of hydrogen-bond donors (Lipinski definition) is 2. The fraction of sp³-hybridized carbons (Fsp3) is 0.208. The maximum Gasteiger partial charge on any atom is 0.274 e. The van der Waals surface area contributed by atoms with Gasteiger partial charge in [0.2, 0.25) is 0 Å². The number of piperazine rings is 1. The van der Waals surface area contributed by atoms with Crippen LogP contribution < -0.4 is 10.2 Å². The van der Waals surface area contributed by atoms with E-state index < -0.39 is 6.23 Å². The molecule has 2 N–H and O–H groups in total. The number of para-hydroxylation sites is 1. The van der Waals surface area contributed by atoms with Crippen molar-refractivity contribution < 1.29 is 9.90 Å². The molecule has 0 bridgehead atoms. The first-order valence-electron chi connectivity index (χ1n) is 10.8. The number of aliphatic hydroxyl groups is 1. The quantitative estimate of drug-likeness (QED) is 0.456. The van der Waals surface area contributed by atoms with Crippen molar-refractivity contribution in [3.05, 3.63) is 71.9 Å². The summed E-state index contributed by atoms with van der Waals surface area (Å²) >= 11 is 1.40. The number of hydrogen-bond acceptors (Lipinski definition) is 9. The van der Waals surface area contributed by atoms with Gasteiger partial charge in [-0.15, -0.1) is 10.2 Å². The van der Waals surface area contributed by atoms with Gasteiger partial charge in [-0.3, -0.25) is 9.69 Å². The number of carbonyl (C=O) groups is 1. The average molecular weight is 474 g/mol. The van der Waals surface area contributed by atoms with Gasteiger partial charge < -0.3 is 15.3 Å². The summed E-state index contributed by atoms with van der Waals surface area (Å²) in [6, 6.07) is 18.7. The van der Waals surface area contributed by atoms with Crippen molar-refractivity contribution in [2.45, 2.75) is 6.23 Å². The summed E-state index contributed by atoms with van der Waals surface area (Å²) in [6.45, 7) is 1.75. The molecular formula is C24H23N7O2S. The van der Waals surface area contributed by atoms with Gasteiger partial charge >= 0.3 is 0 Å². The van der Waals surface area contributed by atoms with Crippen molar-refractivity contribution in [3.63, 3.8) is 0 Å². The first kappa shape index (κ1) is 22.1. The van der Waals surface area contributed by atoms with Gasteiger partial charge in [0.1, 0.15) is 28.3 Å². The number of aromatic nitrogens is 4. The normalized spacial score (nSPS) is 16.4. The summed E-state index contributed by atoms with van der Waals surface area (Å²) in [7, 11) is 1.88. The largest absolute Gasteiger partial charge is 0.377 e. The fourth-order valence-electron chi connectivity index (χ4n) is 3.75. The molecule has 1 atom stereocenters. The average Bonchev–Trinajstić information content (AvgIpc) is 3.41. The van der Waals surface area contributed by atoms with Gasteiger partial charge in [0, 0.05) is 30.3 Å². The standard InChI is InChI=1S/C24H23N7O2S/c1-30-11-12-31(14-21(30)32)20-13-19(26-22(28-20)16-7-3-2-4-8-16)23(33)27-18-10-6-5-9-17(18)24-29-25-15-34-24/h2-10,13,15,21,32H,11-12,14H2,1H3,(H,27,33). The van der Waals surface area contributed by atoms with Gasteiger partial charge in [0.15, 0.2) is 5.82 Å². The van der Waals surface area contributed by atoms with E-state index in [9.17, 15) is 9.90 Å². The van der Waals surface area contributed by atoms with E-state index in [1.807, 2.05) is 71.4 Å². The van der Waals surface area contributed by atoms with Gasteiger partial charge in [-0.05, 0) is 19.2 Å². The minimum atomic E-state index is -0.611. The zero-order valence-electron chi connectivity index (χ0n) is 18.5. The van der Waals surface area contributed by atoms with Crippen molar-refractivity contribution in [2.75, 3.05) is 36.9 Å². The Balaban J connectivity index is 1.50. The lowest BCUT2D eigenvalue weighted by atomic mass is 10.1. The second-order valence-corrected chi connectivity index (χ2v) is 8.79. The minimum absolute atomic E-state index is 0.240. The summed E-state index contributed by atoms with van der Waals surface area (Å²) in [5.74, 6) is 0.699. The Morgan fingerprint density at radius 1 is 1.09 bits per heavy atom. The molecule has 0 spiro atoms. The van der Waals surface area contributed by atoms with Crippen LogP contribution in [0.3, 0.4) is 0 Å². The van der Waals surface area contributed by atoms with E-state index in [1.165, 1.54) is 11.3 Å². The molecular weight excluding hydrogens is 450 g/mol. The van der Waals surface area contributed by atoms with E-state index in [0.29, 0.717) is 37.0 Å². The summed E-state index contributed by atoms with van der Waals surface area (Å²) in [5.41, 5.74) is 4.12. The van der Waals surface area contributed by atoms with Gasteiger partial charge in [-0.2, -0.15) is 0 Å². The molecule has 5 rings (SSSR count). The van der Waals surface area contributed by atoms with Crippen LogP contribution in [0.5, 0.6) is 0 Å². The Kier molecular flexibility index (Phi) is 6.26. The summed E-state index contributed by atoms with van der Waals surface area (Å²) in [4.78, 5) is 26.5. The first-order chi connectivity index (χ1) is 16.6. The lowest BCUT2D eigenvalue weighted by molar-refractivity contribution is 0.0151. The Morgan fingerprint density at radius 2 is 1.88 bits per heavy atom. The van der Waals surface area contributed by atoms with E-state index >= 15 is 0 Å². The predicted octanol–water partition coefficient (Wildman–Crippen LogP) is 2.98. The van der Waals surface area contributed by atoms with Crippen LogP contribution in [0.25, 0.3) is 22.0 Å². The number of likely N-dealkylation sites (N-methyl/N-ethyl adjacent to an activating group) is 1. The van der Waals surface area contributed by atoms with Crippen LogP contribution in [-0.4, -0.2) is 69.0 Å². The third kappa shape index (κ3) is 4.65. The van der Waals surface area contributed by atoms with Gasteiger partial charge in [-0.25, -0.2) is 9.97 Å². The number of benzene rings is 2. The highest BCUT2D eigenvalue weighted by Crippen LogP contribution is 2.29. The summed E-state index contributed by atoms with van der Waals surface area (Å²) in [5, 5.41) is 22.1. The Labute approximate surface area is 200 Å². The van der Waals surface area contributed by atoms with Crippen LogP contribution in [0, 0.1) is 0 Å². The Bertz CT molecular complexity index is 1280. The number of β-amino-alcohol motifs (C(OH)–C–C–N with tert-alkyl or cyclic N) is 1. The van der Waals surface area contributed by atoms with Crippen molar-refractivity contribution in [1.82, 2.24) is 25.1 Å². The molecule has 2 aromatic heterocycles. The summed E-state index contributed by atoms with van der Waals surface area (Å²) < 4.78 is 0. The fourth-order valence-corrected chi connectivity index (χ4v) is 4.34. The van der Waals surface area contributed by atoms with E-state index in [1.54, 1.807) is 11.6 Å². The predicted molar refractivity (Wildman–Crippen MR) is 132 cm³/mol. The monoisotopic (exact) mass is 473 g/mol. The third-order valence-electron chi connectivity index (χ3n) is 5.68. The molecule has 10 heteroatoms. The van der Waals surface area contributed by atoms with Crippen molar-refractivity contribution in [3.8, 4) is 22.0 Å². The van der Waals surface area contributed by atoms with Crippen molar-refractivity contribution in [2.24, 2.45) is 0 Å². The van der Waals surface area contributed by atoms with Crippen LogP contribution in [0.1, 0.15) is 10.5 Å². The lowest BCUT2D eigenvalue weighted by Crippen LogP contribution is -2.51. The highest BCUT2D eigenvalue weighted by molar-refractivity contribution is 7.12. The van der Waals surface area contributed by atoms with Crippen LogP contribution in [-0.2, 0) is 0 Å². The molecule has 34 heavy (non-hydrogen) atoms. The molecule has 4 aromatic rings. The van der Waals surface area contributed by atoms with E-state index in [0.717, 1.165) is 16.1 Å². The SMILES string of the molecule is CN1CCN(c2cc(C(=O)Nc3ccccc3-c3nncs3)nc(-c3ccccc3)n2)CC1O. The number of carbonyl (C=O) groups excluding carboxylic acids is 1. The zero-order valence-corrected chi connectivity index (χ0v) is 19.3. The second-order valence-electron chi connectivity index (χ2n) is 7.95. The first-order valence-corrected chi connectivity index (χ1v) is 11.7. The van der Waals surface area contributed by atoms with Crippen LogP contribution in [0.2, 0.25) is 0 Å². The molecule has 3 heterocycles. The molecule has 0 aliphatic carbocycles. The molecule has 1 fully saturated rings. The maximum absolute atomic E-state index is 13.4. The van der Waals surface area contributed by atoms with Gasteiger partial charge in [0.25, 0.3) is 5.91 Å². The Hall–Kier alpha value is -3.73. The van der Waals surface area contributed by atoms with Crippen molar-refractivity contribution in [1.29, 1.82) is 0 Å². The molecule has 1 saturated heterocycles.